The third-order valence-corrected chi connectivity index (χ3v) is 6.65. The van der Waals surface area contributed by atoms with Gasteiger partial charge in [-0.25, -0.2) is 0 Å². The van der Waals surface area contributed by atoms with Crippen molar-refractivity contribution >= 4 is 17.7 Å². The number of aliphatic carboxylic acids is 1. The van der Waals surface area contributed by atoms with E-state index in [0.29, 0.717) is 22.7 Å². The summed E-state index contributed by atoms with van der Waals surface area (Å²) >= 11 is 1.06. The van der Waals surface area contributed by atoms with Gasteiger partial charge in [-0.3, -0.25) is 9.89 Å². The maximum atomic E-state index is 10.7. The molecule has 0 radical (unpaired) electrons. The number of thioether (sulfide) groups is 1. The van der Waals surface area contributed by atoms with Crippen LogP contribution in [0.4, 0.5) is 0 Å². The summed E-state index contributed by atoms with van der Waals surface area (Å²) in [6.45, 7) is 6.63. The summed E-state index contributed by atoms with van der Waals surface area (Å²) in [7, 11) is 0. The van der Waals surface area contributed by atoms with Crippen LogP contribution < -0.4 is 0 Å². The van der Waals surface area contributed by atoms with Crippen LogP contribution in [0.1, 0.15) is 43.7 Å². The second-order valence-corrected chi connectivity index (χ2v) is 8.89. The summed E-state index contributed by atoms with van der Waals surface area (Å²) in [6, 6.07) is 18.8. The normalized spacial score (nSPS) is 11.3. The van der Waals surface area contributed by atoms with Crippen LogP contribution in [0.5, 0.6) is 0 Å². The van der Waals surface area contributed by atoms with Gasteiger partial charge >= 0.3 is 5.97 Å². The zero-order valence-electron chi connectivity index (χ0n) is 19.0. The fraction of sp³-hybridized carbons (Fsp3) is 0.269. The second-order valence-electron chi connectivity index (χ2n) is 7.94. The second kappa shape index (κ2) is 10.1. The highest BCUT2D eigenvalue weighted by atomic mass is 32.2. The lowest BCUT2D eigenvalue weighted by Crippen LogP contribution is -1.99. The number of aromatic amines is 1. The molecule has 0 amide bonds. The van der Waals surface area contributed by atoms with E-state index >= 15 is 0 Å². The molecule has 2 aromatic carbocycles. The van der Waals surface area contributed by atoms with Gasteiger partial charge in [0, 0.05) is 5.56 Å². The Bertz CT molecular complexity index is 1260. The fourth-order valence-corrected chi connectivity index (χ4v) is 4.63. The summed E-state index contributed by atoms with van der Waals surface area (Å²) in [5.41, 5.74) is 6.12. The van der Waals surface area contributed by atoms with Crippen molar-refractivity contribution in [3.8, 4) is 34.0 Å². The average Bonchev–Trinajstić information content (AvgIpc) is 3.49. The number of carboxylic acid groups (broad SMARTS) is 1. The van der Waals surface area contributed by atoms with E-state index in [9.17, 15) is 4.79 Å². The molecule has 33 heavy (non-hydrogen) atoms. The van der Waals surface area contributed by atoms with E-state index in [4.69, 9.17) is 9.52 Å². The van der Waals surface area contributed by atoms with Crippen LogP contribution in [0.3, 0.4) is 0 Å². The van der Waals surface area contributed by atoms with Gasteiger partial charge in [0.25, 0.3) is 0 Å². The van der Waals surface area contributed by atoms with Crippen LogP contribution in [0, 0.1) is 6.92 Å². The molecule has 2 heterocycles. The van der Waals surface area contributed by atoms with Gasteiger partial charge in [0.05, 0.1) is 5.75 Å². The molecule has 4 rings (SSSR count). The Hall–Kier alpha value is -3.32. The van der Waals surface area contributed by atoms with Gasteiger partial charge in [0.1, 0.15) is 5.76 Å². The third-order valence-electron chi connectivity index (χ3n) is 5.82. The number of hydrogen-bond donors (Lipinski definition) is 2. The van der Waals surface area contributed by atoms with Crippen LogP contribution in [-0.2, 0) is 4.79 Å². The highest BCUT2D eigenvalue weighted by Gasteiger charge is 2.16. The van der Waals surface area contributed by atoms with Crippen LogP contribution in [0.2, 0.25) is 0 Å². The van der Waals surface area contributed by atoms with Gasteiger partial charge in [-0.1, -0.05) is 62.0 Å². The number of aryl methyl sites for hydroxylation is 1. The molecule has 0 fully saturated rings. The first-order chi connectivity index (χ1) is 16.0. The number of aromatic nitrogens is 3. The van der Waals surface area contributed by atoms with Crippen LogP contribution in [0.25, 0.3) is 34.0 Å². The van der Waals surface area contributed by atoms with Gasteiger partial charge in [0.15, 0.2) is 11.6 Å². The number of furan rings is 1. The quantitative estimate of drug-likeness (QED) is 0.267. The maximum absolute atomic E-state index is 10.7. The van der Waals surface area contributed by atoms with Gasteiger partial charge in [-0.15, -0.1) is 5.10 Å². The molecule has 0 aliphatic heterocycles. The Balaban J connectivity index is 1.59. The minimum absolute atomic E-state index is 0.0906. The molecule has 0 unspecified atom stereocenters. The zero-order valence-corrected chi connectivity index (χ0v) is 19.8. The summed E-state index contributed by atoms with van der Waals surface area (Å²) in [5, 5.41) is 16.0. The molecule has 0 bridgehead atoms. The van der Waals surface area contributed by atoms with Gasteiger partial charge in [0.2, 0.25) is 5.16 Å². The van der Waals surface area contributed by atoms with Crippen molar-refractivity contribution in [2.24, 2.45) is 0 Å². The van der Waals surface area contributed by atoms with Crippen molar-refractivity contribution in [2.75, 3.05) is 5.75 Å². The number of carboxylic acids is 1. The molecule has 0 aliphatic carbocycles. The molecule has 170 valence electrons. The van der Waals surface area contributed by atoms with E-state index in [-0.39, 0.29) is 5.75 Å². The molecule has 0 spiro atoms. The summed E-state index contributed by atoms with van der Waals surface area (Å²) in [6.07, 6.45) is 2.25. The molecule has 6 nitrogen and oxygen atoms in total. The van der Waals surface area contributed by atoms with E-state index in [1.54, 1.807) is 0 Å². The number of nitrogens with one attached hydrogen (secondary N) is 1. The van der Waals surface area contributed by atoms with E-state index in [2.05, 4.69) is 78.4 Å². The molecule has 2 aromatic heterocycles. The van der Waals surface area contributed by atoms with E-state index in [0.717, 1.165) is 35.9 Å². The molecule has 4 aromatic rings. The molecule has 2 N–H and O–H groups in total. The largest absolute Gasteiger partial charge is 0.481 e. The first kappa shape index (κ1) is 22.9. The first-order valence-corrected chi connectivity index (χ1v) is 12.1. The first-order valence-electron chi connectivity index (χ1n) is 11.1. The standard InChI is InChI=1S/C26H27N3O3S/c1-4-17(5-2)20-8-6-7-9-21(20)19-11-10-18(14-16(19)3)22-12-13-23(32-22)25-27-26(29-28-25)33-15-24(30)31/h6-14,17H,4-5,15H2,1-3H3,(H,30,31)(H,27,28,29). The minimum atomic E-state index is -0.909. The van der Waals surface area contributed by atoms with Crippen molar-refractivity contribution in [3.63, 3.8) is 0 Å². The lowest BCUT2D eigenvalue weighted by molar-refractivity contribution is -0.133. The zero-order chi connectivity index (χ0) is 23.4. The molecule has 0 saturated carbocycles. The number of carbonyl (C=O) groups is 1. The Morgan fingerprint density at radius 1 is 1.06 bits per heavy atom. The monoisotopic (exact) mass is 461 g/mol. The lowest BCUT2D eigenvalue weighted by Gasteiger charge is -2.19. The number of rotatable bonds is 9. The fourth-order valence-electron chi connectivity index (χ4n) is 4.11. The van der Waals surface area contributed by atoms with Crippen molar-refractivity contribution in [1.82, 2.24) is 15.2 Å². The Morgan fingerprint density at radius 3 is 2.55 bits per heavy atom. The number of benzene rings is 2. The summed E-state index contributed by atoms with van der Waals surface area (Å²) in [4.78, 5) is 15.0. The SMILES string of the molecule is CCC(CC)c1ccccc1-c1ccc(-c2ccc(-c3nc(SCC(=O)O)n[nH]3)o2)cc1C. The number of H-pyrrole nitrogens is 1. The van der Waals surface area contributed by atoms with Gasteiger partial charge < -0.3 is 9.52 Å². The molecule has 7 heteroatoms. The van der Waals surface area contributed by atoms with Gasteiger partial charge in [-0.2, -0.15) is 4.98 Å². The van der Waals surface area contributed by atoms with Gasteiger partial charge in [-0.05, 0) is 66.1 Å². The predicted molar refractivity (Wildman–Crippen MR) is 131 cm³/mol. The average molecular weight is 462 g/mol. The van der Waals surface area contributed by atoms with Crippen molar-refractivity contribution in [1.29, 1.82) is 0 Å². The summed E-state index contributed by atoms with van der Waals surface area (Å²) < 4.78 is 6.03. The number of nitrogens with zero attached hydrogens (tertiary/aromatic N) is 2. The minimum Gasteiger partial charge on any atom is -0.481 e. The van der Waals surface area contributed by atoms with E-state index in [1.807, 2.05) is 12.1 Å². The molecule has 0 atom stereocenters. The van der Waals surface area contributed by atoms with Crippen LogP contribution in [0.15, 0.2) is 64.2 Å². The van der Waals surface area contributed by atoms with E-state index in [1.165, 1.54) is 22.3 Å². The Morgan fingerprint density at radius 2 is 1.82 bits per heavy atom. The smallest absolute Gasteiger partial charge is 0.313 e. The highest BCUT2D eigenvalue weighted by molar-refractivity contribution is 7.99. The van der Waals surface area contributed by atoms with Crippen molar-refractivity contribution in [2.45, 2.75) is 44.7 Å². The Kier molecular flexibility index (Phi) is 6.99. The van der Waals surface area contributed by atoms with Crippen LogP contribution in [-0.4, -0.2) is 32.0 Å². The number of hydrogen-bond acceptors (Lipinski definition) is 5. The molecular formula is C26H27N3O3S. The topological polar surface area (TPSA) is 92.0 Å². The van der Waals surface area contributed by atoms with Crippen molar-refractivity contribution in [3.05, 3.63) is 65.7 Å². The molecule has 0 saturated heterocycles. The van der Waals surface area contributed by atoms with Crippen molar-refractivity contribution < 1.29 is 14.3 Å². The maximum Gasteiger partial charge on any atom is 0.313 e. The summed E-state index contributed by atoms with van der Waals surface area (Å²) in [5.74, 6) is 1.32. The highest BCUT2D eigenvalue weighted by Crippen LogP contribution is 2.36. The Labute approximate surface area is 197 Å². The molecular weight excluding hydrogens is 434 g/mol. The van der Waals surface area contributed by atoms with Crippen LogP contribution >= 0.6 is 11.8 Å². The van der Waals surface area contributed by atoms with E-state index < -0.39 is 5.97 Å². The predicted octanol–water partition coefficient (Wildman–Crippen LogP) is 6.79. The third kappa shape index (κ3) is 5.03. The lowest BCUT2D eigenvalue weighted by atomic mass is 9.86. The molecule has 0 aliphatic rings.